The summed E-state index contributed by atoms with van der Waals surface area (Å²) in [6.45, 7) is 8.24. The van der Waals surface area contributed by atoms with Crippen molar-refractivity contribution < 1.29 is 9.53 Å². The van der Waals surface area contributed by atoms with Gasteiger partial charge in [-0.15, -0.1) is 0 Å². The average Bonchev–Trinajstić information content (AvgIpc) is 2.83. The summed E-state index contributed by atoms with van der Waals surface area (Å²) < 4.78 is 5.12. The van der Waals surface area contributed by atoms with E-state index in [4.69, 9.17) is 4.74 Å². The van der Waals surface area contributed by atoms with Gasteiger partial charge in [-0.1, -0.05) is 18.2 Å². The van der Waals surface area contributed by atoms with Gasteiger partial charge < -0.3 is 14.5 Å². The molecule has 1 aromatic carbocycles. The highest BCUT2D eigenvalue weighted by Crippen LogP contribution is 2.46. The standard InChI is InChI=1S/C17H24N2O2/c1-3-18-13-17(14-7-5-6-8-15(14)18)9-11-19(12-10-17)16(20)21-4-2/h5-8H,3-4,9-13H2,1-2H3. The Hall–Kier alpha value is -1.71. The lowest BCUT2D eigenvalue weighted by Crippen LogP contribution is -2.47. The van der Waals surface area contributed by atoms with Crippen LogP contribution in [-0.2, 0) is 10.2 Å². The number of fused-ring (bicyclic) bond motifs is 2. The third-order valence-electron chi connectivity index (χ3n) is 4.94. The van der Waals surface area contributed by atoms with Crippen molar-refractivity contribution in [3.63, 3.8) is 0 Å². The molecule has 0 unspecified atom stereocenters. The van der Waals surface area contributed by atoms with Gasteiger partial charge in [-0.25, -0.2) is 4.79 Å². The number of amides is 1. The Kier molecular flexibility index (Phi) is 3.79. The van der Waals surface area contributed by atoms with Crippen LogP contribution in [0.1, 0.15) is 32.3 Å². The van der Waals surface area contributed by atoms with Crippen LogP contribution in [0.2, 0.25) is 0 Å². The molecule has 2 heterocycles. The van der Waals surface area contributed by atoms with Crippen LogP contribution >= 0.6 is 0 Å². The van der Waals surface area contributed by atoms with Crippen molar-refractivity contribution in [1.29, 1.82) is 0 Å². The lowest BCUT2D eigenvalue weighted by atomic mass is 9.74. The Morgan fingerprint density at radius 1 is 1.24 bits per heavy atom. The summed E-state index contributed by atoms with van der Waals surface area (Å²) in [5.41, 5.74) is 3.07. The smallest absolute Gasteiger partial charge is 0.409 e. The van der Waals surface area contributed by atoms with Gasteiger partial charge in [0.05, 0.1) is 6.61 Å². The molecule has 1 saturated heterocycles. The van der Waals surface area contributed by atoms with E-state index in [0.717, 1.165) is 39.0 Å². The zero-order valence-electron chi connectivity index (χ0n) is 13.0. The first-order chi connectivity index (χ1) is 10.2. The Morgan fingerprint density at radius 2 is 1.95 bits per heavy atom. The molecule has 114 valence electrons. The Labute approximate surface area is 126 Å². The zero-order chi connectivity index (χ0) is 14.9. The second-order valence-corrected chi connectivity index (χ2v) is 6.00. The number of piperidine rings is 1. The molecule has 3 rings (SSSR count). The summed E-state index contributed by atoms with van der Waals surface area (Å²) in [4.78, 5) is 16.2. The molecule has 0 aromatic heterocycles. The van der Waals surface area contributed by atoms with E-state index in [1.165, 1.54) is 11.3 Å². The highest BCUT2D eigenvalue weighted by Gasteiger charge is 2.44. The fourth-order valence-electron chi connectivity index (χ4n) is 3.78. The molecule has 0 saturated carbocycles. The third kappa shape index (κ3) is 2.37. The molecular formula is C17H24N2O2. The zero-order valence-corrected chi connectivity index (χ0v) is 13.0. The number of ether oxygens (including phenoxy) is 1. The van der Waals surface area contributed by atoms with Crippen LogP contribution in [0.4, 0.5) is 10.5 Å². The molecular weight excluding hydrogens is 264 g/mol. The van der Waals surface area contributed by atoms with Gasteiger partial charge in [-0.05, 0) is 38.3 Å². The van der Waals surface area contributed by atoms with E-state index >= 15 is 0 Å². The molecule has 0 bridgehead atoms. The highest BCUT2D eigenvalue weighted by molar-refractivity contribution is 5.68. The molecule has 0 atom stereocenters. The number of carbonyl (C=O) groups excluding carboxylic acids is 1. The topological polar surface area (TPSA) is 32.8 Å². The molecule has 0 aliphatic carbocycles. The minimum atomic E-state index is -0.161. The van der Waals surface area contributed by atoms with E-state index in [-0.39, 0.29) is 11.5 Å². The minimum Gasteiger partial charge on any atom is -0.450 e. The predicted octanol–water partition coefficient (Wildman–Crippen LogP) is 3.02. The van der Waals surface area contributed by atoms with Crippen LogP contribution in [0.15, 0.2) is 24.3 Å². The largest absolute Gasteiger partial charge is 0.450 e. The van der Waals surface area contributed by atoms with Gasteiger partial charge in [0.25, 0.3) is 0 Å². The fourth-order valence-corrected chi connectivity index (χ4v) is 3.78. The predicted molar refractivity (Wildman–Crippen MR) is 83.8 cm³/mol. The Bertz CT molecular complexity index is 521. The highest BCUT2D eigenvalue weighted by atomic mass is 16.6. The maximum Gasteiger partial charge on any atom is 0.409 e. The quantitative estimate of drug-likeness (QED) is 0.838. The van der Waals surface area contributed by atoms with Crippen LogP contribution in [0.5, 0.6) is 0 Å². The van der Waals surface area contributed by atoms with Crippen molar-refractivity contribution >= 4 is 11.8 Å². The summed E-state index contributed by atoms with van der Waals surface area (Å²) in [6.07, 6.45) is 1.89. The van der Waals surface area contributed by atoms with E-state index < -0.39 is 0 Å². The Balaban J connectivity index is 1.78. The van der Waals surface area contributed by atoms with Crippen LogP contribution in [-0.4, -0.2) is 43.8 Å². The van der Waals surface area contributed by atoms with Gasteiger partial charge >= 0.3 is 6.09 Å². The number of likely N-dealkylation sites (tertiary alicyclic amines) is 1. The van der Waals surface area contributed by atoms with Crippen molar-refractivity contribution in [2.24, 2.45) is 0 Å². The SMILES string of the molecule is CCOC(=O)N1CCC2(CC1)CN(CC)c1ccccc12. The van der Waals surface area contributed by atoms with Crippen molar-refractivity contribution in [2.75, 3.05) is 37.7 Å². The minimum absolute atomic E-state index is 0.161. The van der Waals surface area contributed by atoms with E-state index in [1.807, 2.05) is 11.8 Å². The monoisotopic (exact) mass is 288 g/mol. The molecule has 4 nitrogen and oxygen atoms in total. The molecule has 1 aromatic rings. The van der Waals surface area contributed by atoms with E-state index in [1.54, 1.807) is 0 Å². The van der Waals surface area contributed by atoms with E-state index in [2.05, 4.69) is 36.1 Å². The van der Waals surface area contributed by atoms with Crippen LogP contribution in [0.3, 0.4) is 0 Å². The lowest BCUT2D eigenvalue weighted by Gasteiger charge is -2.39. The van der Waals surface area contributed by atoms with Crippen molar-refractivity contribution in [3.8, 4) is 0 Å². The fraction of sp³-hybridized carbons (Fsp3) is 0.588. The molecule has 2 aliphatic rings. The van der Waals surface area contributed by atoms with Gasteiger partial charge in [0, 0.05) is 37.3 Å². The number of hydrogen-bond acceptors (Lipinski definition) is 3. The van der Waals surface area contributed by atoms with Crippen molar-refractivity contribution in [1.82, 2.24) is 4.90 Å². The first-order valence-electron chi connectivity index (χ1n) is 7.96. The molecule has 1 spiro atoms. The number of para-hydroxylation sites is 1. The van der Waals surface area contributed by atoms with Crippen LogP contribution in [0, 0.1) is 0 Å². The summed E-state index contributed by atoms with van der Waals surface area (Å²) >= 11 is 0. The summed E-state index contributed by atoms with van der Waals surface area (Å²) in [6, 6.07) is 8.75. The second-order valence-electron chi connectivity index (χ2n) is 6.00. The van der Waals surface area contributed by atoms with Gasteiger partial charge in [-0.2, -0.15) is 0 Å². The normalized spacial score (nSPS) is 19.7. The molecule has 21 heavy (non-hydrogen) atoms. The number of rotatable bonds is 2. The summed E-state index contributed by atoms with van der Waals surface area (Å²) in [5.74, 6) is 0. The average molecular weight is 288 g/mol. The van der Waals surface area contributed by atoms with Gasteiger partial charge in [0.1, 0.15) is 0 Å². The number of likely N-dealkylation sites (N-methyl/N-ethyl adjacent to an activating group) is 1. The van der Waals surface area contributed by atoms with Crippen molar-refractivity contribution in [2.45, 2.75) is 32.1 Å². The first kappa shape index (κ1) is 14.2. The molecule has 1 amide bonds. The van der Waals surface area contributed by atoms with Gasteiger partial charge in [-0.3, -0.25) is 0 Å². The molecule has 0 N–H and O–H groups in total. The van der Waals surface area contributed by atoms with Gasteiger partial charge in [0.15, 0.2) is 0 Å². The number of hydrogen-bond donors (Lipinski definition) is 0. The number of nitrogens with zero attached hydrogens (tertiary/aromatic N) is 2. The van der Waals surface area contributed by atoms with Gasteiger partial charge in [0.2, 0.25) is 0 Å². The third-order valence-corrected chi connectivity index (χ3v) is 4.94. The maximum absolute atomic E-state index is 11.9. The lowest BCUT2D eigenvalue weighted by molar-refractivity contribution is 0.0880. The van der Waals surface area contributed by atoms with E-state index in [9.17, 15) is 4.79 Å². The molecule has 2 aliphatic heterocycles. The number of anilines is 1. The molecule has 1 fully saturated rings. The summed E-state index contributed by atoms with van der Waals surface area (Å²) in [7, 11) is 0. The van der Waals surface area contributed by atoms with Crippen LogP contribution < -0.4 is 4.90 Å². The summed E-state index contributed by atoms with van der Waals surface area (Å²) in [5, 5.41) is 0. The van der Waals surface area contributed by atoms with Crippen LogP contribution in [0.25, 0.3) is 0 Å². The number of benzene rings is 1. The maximum atomic E-state index is 11.9. The van der Waals surface area contributed by atoms with E-state index in [0.29, 0.717) is 6.61 Å². The molecule has 0 radical (unpaired) electrons. The number of carbonyl (C=O) groups is 1. The first-order valence-corrected chi connectivity index (χ1v) is 7.96. The molecule has 4 heteroatoms. The van der Waals surface area contributed by atoms with Crippen molar-refractivity contribution in [3.05, 3.63) is 29.8 Å². The second kappa shape index (κ2) is 5.58. The Morgan fingerprint density at radius 3 is 2.62 bits per heavy atom.